The zero-order valence-electron chi connectivity index (χ0n) is 17.0. The summed E-state index contributed by atoms with van der Waals surface area (Å²) in [5.74, 6) is -0.826. The molecule has 0 amide bonds. The number of benzene rings is 2. The topological polar surface area (TPSA) is 49.6 Å². The molecule has 6 heteroatoms. The van der Waals surface area contributed by atoms with Crippen molar-refractivity contribution in [3.05, 3.63) is 63.5 Å². The second kappa shape index (κ2) is 9.88. The first-order valence-corrected chi connectivity index (χ1v) is 9.71. The third-order valence-corrected chi connectivity index (χ3v) is 4.84. The zero-order chi connectivity index (χ0) is 20.7. The molecule has 0 bridgehead atoms. The Hall–Kier alpha value is -2.89. The standard InChI is InChI=1S/C22H28FN3O2/c1-5-24(6-2)21-14-12-18(16-22(21)25(7-3)8-4)10-9-17-11-13-20(26(27)28)19(23)15-17/h9-16H,5-8H2,1-4H3. The van der Waals surface area contributed by atoms with Gasteiger partial charge >= 0.3 is 5.69 Å². The Kier molecular flexibility index (Phi) is 7.55. The summed E-state index contributed by atoms with van der Waals surface area (Å²) in [7, 11) is 0. The summed E-state index contributed by atoms with van der Waals surface area (Å²) in [4.78, 5) is 14.7. The Morgan fingerprint density at radius 3 is 1.86 bits per heavy atom. The van der Waals surface area contributed by atoms with Gasteiger partial charge in [0.05, 0.1) is 16.3 Å². The summed E-state index contributed by atoms with van der Waals surface area (Å²) in [6, 6.07) is 10.2. The fourth-order valence-electron chi connectivity index (χ4n) is 3.26. The highest BCUT2D eigenvalue weighted by atomic mass is 19.1. The van der Waals surface area contributed by atoms with Gasteiger partial charge in [-0.25, -0.2) is 0 Å². The van der Waals surface area contributed by atoms with E-state index in [9.17, 15) is 14.5 Å². The largest absolute Gasteiger partial charge is 0.370 e. The molecule has 0 fully saturated rings. The molecule has 0 atom stereocenters. The van der Waals surface area contributed by atoms with Crippen LogP contribution >= 0.6 is 0 Å². The summed E-state index contributed by atoms with van der Waals surface area (Å²) < 4.78 is 13.8. The highest BCUT2D eigenvalue weighted by Gasteiger charge is 2.14. The van der Waals surface area contributed by atoms with E-state index in [1.54, 1.807) is 12.1 Å². The molecule has 0 radical (unpaired) electrons. The summed E-state index contributed by atoms with van der Waals surface area (Å²) in [5, 5.41) is 10.7. The Labute approximate surface area is 166 Å². The van der Waals surface area contributed by atoms with Crippen molar-refractivity contribution in [2.75, 3.05) is 36.0 Å². The SMILES string of the molecule is CCN(CC)c1ccc(C=Cc2ccc([N+](=O)[O-])c(F)c2)cc1N(CC)CC. The maximum absolute atomic E-state index is 13.8. The van der Waals surface area contributed by atoms with Gasteiger partial charge in [0.25, 0.3) is 0 Å². The van der Waals surface area contributed by atoms with Crippen LogP contribution in [0.15, 0.2) is 36.4 Å². The van der Waals surface area contributed by atoms with Crippen LogP contribution in [0.1, 0.15) is 38.8 Å². The van der Waals surface area contributed by atoms with Gasteiger partial charge in [0, 0.05) is 32.2 Å². The van der Waals surface area contributed by atoms with Crippen LogP contribution in [0.4, 0.5) is 21.5 Å². The molecule has 150 valence electrons. The normalized spacial score (nSPS) is 11.0. The minimum Gasteiger partial charge on any atom is -0.370 e. The van der Waals surface area contributed by atoms with Crippen molar-refractivity contribution in [3.63, 3.8) is 0 Å². The van der Waals surface area contributed by atoms with Crippen LogP contribution in [0, 0.1) is 15.9 Å². The smallest absolute Gasteiger partial charge is 0.304 e. The first-order valence-electron chi connectivity index (χ1n) is 9.71. The summed E-state index contributed by atoms with van der Waals surface area (Å²) in [5.41, 5.74) is 3.44. The van der Waals surface area contributed by atoms with Crippen LogP contribution in [0.5, 0.6) is 0 Å². The van der Waals surface area contributed by atoms with Gasteiger partial charge in [-0.15, -0.1) is 0 Å². The summed E-state index contributed by atoms with van der Waals surface area (Å²) in [6.45, 7) is 12.2. The van der Waals surface area contributed by atoms with Gasteiger partial charge in [-0.05, 0) is 63.1 Å². The molecule has 28 heavy (non-hydrogen) atoms. The van der Waals surface area contributed by atoms with E-state index in [2.05, 4.69) is 49.6 Å². The van der Waals surface area contributed by atoms with Crippen LogP contribution < -0.4 is 9.80 Å². The summed E-state index contributed by atoms with van der Waals surface area (Å²) >= 11 is 0. The molecule has 2 aromatic rings. The Bertz CT molecular complexity index is 844. The van der Waals surface area contributed by atoms with E-state index >= 15 is 0 Å². The van der Waals surface area contributed by atoms with Crippen molar-refractivity contribution >= 4 is 29.2 Å². The quantitative estimate of drug-likeness (QED) is 0.320. The number of nitrogens with zero attached hydrogens (tertiary/aromatic N) is 3. The second-order valence-electron chi connectivity index (χ2n) is 6.39. The minimum atomic E-state index is -0.826. The van der Waals surface area contributed by atoms with Crippen molar-refractivity contribution in [3.8, 4) is 0 Å². The van der Waals surface area contributed by atoms with E-state index in [0.717, 1.165) is 31.7 Å². The monoisotopic (exact) mass is 385 g/mol. The number of hydrogen-bond acceptors (Lipinski definition) is 4. The molecule has 0 aliphatic rings. The number of anilines is 2. The molecule has 0 spiro atoms. The predicted molar refractivity (Wildman–Crippen MR) is 116 cm³/mol. The fourth-order valence-corrected chi connectivity index (χ4v) is 3.26. The molecule has 0 unspecified atom stereocenters. The van der Waals surface area contributed by atoms with Crippen molar-refractivity contribution in [2.45, 2.75) is 27.7 Å². The van der Waals surface area contributed by atoms with Gasteiger partial charge in [0.15, 0.2) is 0 Å². The lowest BCUT2D eigenvalue weighted by Crippen LogP contribution is -2.28. The lowest BCUT2D eigenvalue weighted by atomic mass is 10.1. The fraction of sp³-hybridized carbons (Fsp3) is 0.364. The third kappa shape index (κ3) is 4.88. The lowest BCUT2D eigenvalue weighted by molar-refractivity contribution is -0.387. The number of nitro groups is 1. The highest BCUT2D eigenvalue weighted by molar-refractivity contribution is 5.78. The zero-order valence-corrected chi connectivity index (χ0v) is 17.0. The highest BCUT2D eigenvalue weighted by Crippen LogP contribution is 2.31. The first-order chi connectivity index (χ1) is 13.4. The first kappa shape index (κ1) is 21.4. The number of hydrogen-bond donors (Lipinski definition) is 0. The van der Waals surface area contributed by atoms with E-state index in [-0.39, 0.29) is 0 Å². The average molecular weight is 385 g/mol. The van der Waals surface area contributed by atoms with Crippen LogP contribution in [0.3, 0.4) is 0 Å². The van der Waals surface area contributed by atoms with Crippen LogP contribution in [-0.2, 0) is 0 Å². The molecule has 0 aromatic heterocycles. The van der Waals surface area contributed by atoms with Gasteiger partial charge in [0.2, 0.25) is 5.82 Å². The van der Waals surface area contributed by atoms with Gasteiger partial charge < -0.3 is 9.80 Å². The Morgan fingerprint density at radius 1 is 0.857 bits per heavy atom. The predicted octanol–water partition coefficient (Wildman–Crippen LogP) is 5.60. The molecule has 2 aromatic carbocycles. The maximum Gasteiger partial charge on any atom is 0.304 e. The van der Waals surface area contributed by atoms with E-state index in [0.29, 0.717) is 5.56 Å². The second-order valence-corrected chi connectivity index (χ2v) is 6.39. The molecular weight excluding hydrogens is 357 g/mol. The maximum atomic E-state index is 13.8. The Morgan fingerprint density at radius 2 is 1.36 bits per heavy atom. The van der Waals surface area contributed by atoms with Crippen molar-refractivity contribution in [1.82, 2.24) is 0 Å². The average Bonchev–Trinajstić information content (AvgIpc) is 2.69. The van der Waals surface area contributed by atoms with Gasteiger partial charge in [-0.3, -0.25) is 10.1 Å². The molecular formula is C22H28FN3O2. The molecule has 5 nitrogen and oxygen atoms in total. The van der Waals surface area contributed by atoms with Crippen molar-refractivity contribution in [1.29, 1.82) is 0 Å². The number of halogens is 1. The van der Waals surface area contributed by atoms with Crippen molar-refractivity contribution < 1.29 is 9.31 Å². The number of rotatable bonds is 9. The van der Waals surface area contributed by atoms with E-state index < -0.39 is 16.4 Å². The van der Waals surface area contributed by atoms with Gasteiger partial charge in [0.1, 0.15) is 0 Å². The van der Waals surface area contributed by atoms with E-state index in [1.807, 2.05) is 12.1 Å². The van der Waals surface area contributed by atoms with Crippen LogP contribution in [0.2, 0.25) is 0 Å². The number of nitro benzene ring substituents is 1. The van der Waals surface area contributed by atoms with E-state index in [4.69, 9.17) is 0 Å². The summed E-state index contributed by atoms with van der Waals surface area (Å²) in [6.07, 6.45) is 3.67. The van der Waals surface area contributed by atoms with Crippen LogP contribution in [0.25, 0.3) is 12.2 Å². The molecule has 0 aliphatic heterocycles. The van der Waals surface area contributed by atoms with Crippen LogP contribution in [-0.4, -0.2) is 31.1 Å². The lowest BCUT2D eigenvalue weighted by Gasteiger charge is -2.30. The van der Waals surface area contributed by atoms with Crippen molar-refractivity contribution in [2.24, 2.45) is 0 Å². The van der Waals surface area contributed by atoms with Gasteiger partial charge in [-0.2, -0.15) is 4.39 Å². The van der Waals surface area contributed by atoms with E-state index in [1.165, 1.54) is 23.5 Å². The third-order valence-electron chi connectivity index (χ3n) is 4.84. The molecule has 0 N–H and O–H groups in total. The molecule has 0 heterocycles. The molecule has 0 saturated carbocycles. The molecule has 2 rings (SSSR count). The Balaban J connectivity index is 2.38. The molecule has 0 aliphatic carbocycles. The molecule has 0 saturated heterocycles. The minimum absolute atomic E-state index is 0.510. The van der Waals surface area contributed by atoms with Gasteiger partial charge in [-0.1, -0.05) is 18.2 Å².